The molecule has 0 radical (unpaired) electrons. The van der Waals surface area contributed by atoms with Crippen LogP contribution in [-0.4, -0.2) is 36.0 Å². The normalized spacial score (nSPS) is 24.5. The zero-order valence-electron chi connectivity index (χ0n) is 7.87. The average Bonchev–Trinajstić information content (AvgIpc) is 2.12. The van der Waals surface area contributed by atoms with Gasteiger partial charge in [0.2, 0.25) is 5.91 Å². The van der Waals surface area contributed by atoms with Crippen LogP contribution in [0, 0.1) is 5.92 Å². The fourth-order valence-corrected chi connectivity index (χ4v) is 1.42. The summed E-state index contributed by atoms with van der Waals surface area (Å²) in [6, 6.07) is 0. The third kappa shape index (κ3) is 2.37. The minimum Gasteiger partial charge on any atom is -0.338 e. The van der Waals surface area contributed by atoms with E-state index in [2.05, 4.69) is 0 Å². The van der Waals surface area contributed by atoms with E-state index in [4.69, 9.17) is 0 Å². The van der Waals surface area contributed by atoms with Crippen LogP contribution in [0.4, 0.5) is 0 Å². The Balaban J connectivity index is 2.76. The second kappa shape index (κ2) is 3.68. The van der Waals surface area contributed by atoms with Gasteiger partial charge in [-0.2, -0.15) is 0 Å². The second-order valence-electron chi connectivity index (χ2n) is 3.50. The number of nitrogens with zero attached hydrogens (tertiary/aromatic N) is 1. The number of Topliss-reactive ketones (excluding diaryl/α,β-unsaturated/α-hetero) is 2. The van der Waals surface area contributed by atoms with Crippen LogP contribution >= 0.6 is 0 Å². The smallest absolute Gasteiger partial charge is 0.223 e. The van der Waals surface area contributed by atoms with Crippen molar-refractivity contribution in [3.8, 4) is 0 Å². The van der Waals surface area contributed by atoms with Gasteiger partial charge in [0.15, 0.2) is 5.78 Å². The zero-order valence-corrected chi connectivity index (χ0v) is 7.87. The molecule has 1 fully saturated rings. The Morgan fingerprint density at radius 3 is 2.54 bits per heavy atom. The predicted molar refractivity (Wildman–Crippen MR) is 46.0 cm³/mol. The Bertz CT molecular complexity index is 260. The first-order valence-electron chi connectivity index (χ1n) is 4.27. The van der Waals surface area contributed by atoms with Crippen LogP contribution in [0.15, 0.2) is 0 Å². The van der Waals surface area contributed by atoms with Crippen LogP contribution in [0.2, 0.25) is 0 Å². The van der Waals surface area contributed by atoms with Crippen molar-refractivity contribution in [3.63, 3.8) is 0 Å². The Labute approximate surface area is 76.9 Å². The standard InChI is InChI=1S/C9H13NO3/c1-6(11)7-3-8(12)5-10(2)9(13)4-7/h7H,3-5H2,1-2H3. The molecule has 1 aliphatic heterocycles. The third-order valence-corrected chi connectivity index (χ3v) is 2.31. The van der Waals surface area contributed by atoms with Crippen molar-refractivity contribution in [1.29, 1.82) is 0 Å². The molecule has 1 rings (SSSR count). The highest BCUT2D eigenvalue weighted by Crippen LogP contribution is 2.16. The van der Waals surface area contributed by atoms with Gasteiger partial charge >= 0.3 is 0 Å². The molecule has 1 unspecified atom stereocenters. The summed E-state index contributed by atoms with van der Waals surface area (Å²) in [7, 11) is 1.59. The highest BCUT2D eigenvalue weighted by Gasteiger charge is 2.28. The summed E-state index contributed by atoms with van der Waals surface area (Å²) in [4.78, 5) is 34.9. The van der Waals surface area contributed by atoms with Crippen LogP contribution in [0.5, 0.6) is 0 Å². The number of amides is 1. The molecule has 0 aromatic heterocycles. The van der Waals surface area contributed by atoms with Crippen LogP contribution < -0.4 is 0 Å². The predicted octanol–water partition coefficient (Wildman–Crippen LogP) is 0.0129. The van der Waals surface area contributed by atoms with Crippen molar-refractivity contribution >= 4 is 17.5 Å². The van der Waals surface area contributed by atoms with E-state index in [1.165, 1.54) is 11.8 Å². The van der Waals surface area contributed by atoms with Crippen molar-refractivity contribution < 1.29 is 14.4 Å². The molecule has 1 aliphatic rings. The molecule has 1 saturated heterocycles. The number of hydrogen-bond donors (Lipinski definition) is 0. The fraction of sp³-hybridized carbons (Fsp3) is 0.667. The van der Waals surface area contributed by atoms with E-state index in [1.807, 2.05) is 0 Å². The lowest BCUT2D eigenvalue weighted by Gasteiger charge is -2.12. The van der Waals surface area contributed by atoms with Crippen molar-refractivity contribution in [2.45, 2.75) is 19.8 Å². The molecule has 0 aliphatic carbocycles. The van der Waals surface area contributed by atoms with E-state index in [0.717, 1.165) is 0 Å². The minimum atomic E-state index is -0.398. The van der Waals surface area contributed by atoms with Crippen LogP contribution in [0.1, 0.15) is 19.8 Å². The Morgan fingerprint density at radius 2 is 2.00 bits per heavy atom. The Kier molecular flexibility index (Phi) is 2.80. The summed E-state index contributed by atoms with van der Waals surface area (Å²) in [5.74, 6) is -0.624. The van der Waals surface area contributed by atoms with Gasteiger partial charge in [0, 0.05) is 25.8 Å². The van der Waals surface area contributed by atoms with E-state index in [9.17, 15) is 14.4 Å². The number of carbonyl (C=O) groups is 3. The van der Waals surface area contributed by atoms with Gasteiger partial charge in [-0.15, -0.1) is 0 Å². The number of ketones is 2. The van der Waals surface area contributed by atoms with E-state index < -0.39 is 5.92 Å². The monoisotopic (exact) mass is 183 g/mol. The molecule has 0 aromatic rings. The van der Waals surface area contributed by atoms with Crippen molar-refractivity contribution in [2.75, 3.05) is 13.6 Å². The summed E-state index contributed by atoms with van der Waals surface area (Å²) >= 11 is 0. The SMILES string of the molecule is CC(=O)C1CC(=O)CN(C)C(=O)C1. The van der Waals surface area contributed by atoms with E-state index in [-0.39, 0.29) is 36.9 Å². The maximum atomic E-state index is 11.3. The molecule has 4 nitrogen and oxygen atoms in total. The molecule has 1 amide bonds. The molecule has 0 N–H and O–H groups in total. The number of likely N-dealkylation sites (N-methyl/N-ethyl adjacent to an activating group) is 1. The number of carbonyl (C=O) groups excluding carboxylic acids is 3. The second-order valence-corrected chi connectivity index (χ2v) is 3.50. The molecule has 4 heteroatoms. The summed E-state index contributed by atoms with van der Waals surface area (Å²) in [6.45, 7) is 1.57. The largest absolute Gasteiger partial charge is 0.338 e. The summed E-state index contributed by atoms with van der Waals surface area (Å²) in [5.41, 5.74) is 0. The van der Waals surface area contributed by atoms with Crippen molar-refractivity contribution in [3.05, 3.63) is 0 Å². The van der Waals surface area contributed by atoms with Gasteiger partial charge in [0.1, 0.15) is 5.78 Å². The van der Waals surface area contributed by atoms with Gasteiger partial charge in [0.25, 0.3) is 0 Å². The first-order chi connectivity index (χ1) is 6.00. The highest BCUT2D eigenvalue weighted by molar-refractivity contribution is 5.95. The third-order valence-electron chi connectivity index (χ3n) is 2.31. The average molecular weight is 183 g/mol. The molecular formula is C9H13NO3. The van der Waals surface area contributed by atoms with Gasteiger partial charge < -0.3 is 4.90 Å². The summed E-state index contributed by atoms with van der Waals surface area (Å²) in [5, 5.41) is 0. The van der Waals surface area contributed by atoms with Crippen LogP contribution in [0.3, 0.4) is 0 Å². The van der Waals surface area contributed by atoms with Gasteiger partial charge in [-0.05, 0) is 6.92 Å². The maximum absolute atomic E-state index is 11.3. The molecule has 0 spiro atoms. The fourth-order valence-electron chi connectivity index (χ4n) is 1.42. The highest BCUT2D eigenvalue weighted by atomic mass is 16.2. The van der Waals surface area contributed by atoms with Gasteiger partial charge in [-0.1, -0.05) is 0 Å². The van der Waals surface area contributed by atoms with Crippen LogP contribution in [0.25, 0.3) is 0 Å². The first kappa shape index (κ1) is 9.89. The van der Waals surface area contributed by atoms with Crippen molar-refractivity contribution in [2.24, 2.45) is 5.92 Å². The first-order valence-corrected chi connectivity index (χ1v) is 4.27. The summed E-state index contributed by atoms with van der Waals surface area (Å²) < 4.78 is 0. The van der Waals surface area contributed by atoms with Gasteiger partial charge in [-0.3, -0.25) is 14.4 Å². The molecule has 0 aromatic carbocycles. The number of rotatable bonds is 1. The summed E-state index contributed by atoms with van der Waals surface area (Å²) in [6.07, 6.45) is 0.392. The zero-order chi connectivity index (χ0) is 10.0. The minimum absolute atomic E-state index is 0.0337. The quantitative estimate of drug-likeness (QED) is 0.575. The van der Waals surface area contributed by atoms with Gasteiger partial charge in [0.05, 0.1) is 6.54 Å². The lowest BCUT2D eigenvalue weighted by molar-refractivity contribution is -0.133. The van der Waals surface area contributed by atoms with E-state index >= 15 is 0 Å². The topological polar surface area (TPSA) is 54.5 Å². The molecule has 72 valence electrons. The Morgan fingerprint density at radius 1 is 1.38 bits per heavy atom. The van der Waals surface area contributed by atoms with E-state index in [1.54, 1.807) is 7.05 Å². The molecule has 1 atom stereocenters. The molecular weight excluding hydrogens is 170 g/mol. The maximum Gasteiger partial charge on any atom is 0.223 e. The molecule has 1 heterocycles. The molecule has 0 bridgehead atoms. The molecule has 0 saturated carbocycles. The van der Waals surface area contributed by atoms with E-state index in [0.29, 0.717) is 0 Å². The lowest BCUT2D eigenvalue weighted by atomic mass is 9.96. The van der Waals surface area contributed by atoms with Gasteiger partial charge in [-0.25, -0.2) is 0 Å². The number of likely N-dealkylation sites (tertiary alicyclic amines) is 1. The number of hydrogen-bond acceptors (Lipinski definition) is 3. The molecule has 13 heavy (non-hydrogen) atoms. The van der Waals surface area contributed by atoms with Crippen molar-refractivity contribution in [1.82, 2.24) is 4.90 Å². The lowest BCUT2D eigenvalue weighted by Crippen LogP contribution is -2.29. The van der Waals surface area contributed by atoms with Crippen LogP contribution in [-0.2, 0) is 14.4 Å². The Hall–Kier alpha value is -1.19.